The van der Waals surface area contributed by atoms with Crippen molar-refractivity contribution < 1.29 is 13.9 Å². The van der Waals surface area contributed by atoms with E-state index in [-0.39, 0.29) is 17.6 Å². The van der Waals surface area contributed by atoms with E-state index < -0.39 is 11.8 Å². The highest BCUT2D eigenvalue weighted by Crippen LogP contribution is 2.18. The van der Waals surface area contributed by atoms with Gasteiger partial charge in [0.15, 0.2) is 0 Å². The Morgan fingerprint density at radius 1 is 1.19 bits per heavy atom. The molecule has 2 nitrogen and oxygen atoms in total. The number of carbonyl (C=O) groups is 1. The molecule has 0 unspecified atom stereocenters. The van der Waals surface area contributed by atoms with E-state index in [2.05, 4.69) is 0 Å². The van der Waals surface area contributed by atoms with Crippen LogP contribution in [0.3, 0.4) is 0 Å². The molecule has 0 bridgehead atoms. The van der Waals surface area contributed by atoms with E-state index in [0.29, 0.717) is 0 Å². The van der Waals surface area contributed by atoms with Gasteiger partial charge in [0.2, 0.25) is 0 Å². The van der Waals surface area contributed by atoms with Gasteiger partial charge >= 0.3 is 5.97 Å². The molecule has 0 saturated carbocycles. The summed E-state index contributed by atoms with van der Waals surface area (Å²) in [7, 11) is 0. The number of benzene rings is 1. The molecule has 3 heteroatoms. The lowest BCUT2D eigenvalue weighted by Crippen LogP contribution is -2.12. The molecule has 0 atom stereocenters. The molecule has 1 aromatic carbocycles. The first-order valence-corrected chi connectivity index (χ1v) is 5.41. The highest BCUT2D eigenvalue weighted by atomic mass is 19.1. The molecule has 0 radical (unpaired) electrons. The van der Waals surface area contributed by atoms with Gasteiger partial charge in [-0.25, -0.2) is 9.18 Å². The molecule has 0 N–H and O–H groups in total. The summed E-state index contributed by atoms with van der Waals surface area (Å²) in [4.78, 5) is 11.6. The standard InChI is InChI=1S/C13H17FO2/c1-8(2)10-5-11(7-12(14)6-10)13(15)16-9(3)4/h5-9H,1-4H3. The zero-order valence-electron chi connectivity index (χ0n) is 10.1. The van der Waals surface area contributed by atoms with Gasteiger partial charge < -0.3 is 4.74 Å². The van der Waals surface area contributed by atoms with Gasteiger partial charge in [-0.1, -0.05) is 13.8 Å². The van der Waals surface area contributed by atoms with Crippen LogP contribution in [0.1, 0.15) is 49.5 Å². The molecule has 1 rings (SSSR count). The molecule has 0 aliphatic heterocycles. The minimum absolute atomic E-state index is 0.182. The maximum Gasteiger partial charge on any atom is 0.338 e. The van der Waals surface area contributed by atoms with Gasteiger partial charge in [-0.15, -0.1) is 0 Å². The molecule has 0 amide bonds. The number of carbonyl (C=O) groups excluding carboxylic acids is 1. The Hall–Kier alpha value is -1.38. The molecule has 0 aliphatic rings. The smallest absolute Gasteiger partial charge is 0.338 e. The molecule has 0 aliphatic carbocycles. The quantitative estimate of drug-likeness (QED) is 0.734. The van der Waals surface area contributed by atoms with Crippen LogP contribution in [0.5, 0.6) is 0 Å². The van der Waals surface area contributed by atoms with Gasteiger partial charge in [0.05, 0.1) is 11.7 Å². The first-order chi connectivity index (χ1) is 7.40. The van der Waals surface area contributed by atoms with Crippen LogP contribution < -0.4 is 0 Å². The number of halogens is 1. The van der Waals surface area contributed by atoms with Gasteiger partial charge in [-0.3, -0.25) is 0 Å². The van der Waals surface area contributed by atoms with Crippen LogP contribution in [0, 0.1) is 5.82 Å². The number of hydrogen-bond donors (Lipinski definition) is 0. The predicted octanol–water partition coefficient (Wildman–Crippen LogP) is 3.51. The number of hydrogen-bond acceptors (Lipinski definition) is 2. The molecule has 0 saturated heterocycles. The van der Waals surface area contributed by atoms with Crippen LogP contribution in [0.2, 0.25) is 0 Å². The van der Waals surface area contributed by atoms with Crippen molar-refractivity contribution >= 4 is 5.97 Å². The summed E-state index contributed by atoms with van der Waals surface area (Å²) in [5.74, 6) is -0.695. The number of rotatable bonds is 3. The minimum Gasteiger partial charge on any atom is -0.459 e. The van der Waals surface area contributed by atoms with E-state index in [4.69, 9.17) is 4.74 Å². The maximum absolute atomic E-state index is 13.3. The second-order valence-corrected chi connectivity index (χ2v) is 4.38. The van der Waals surface area contributed by atoms with Crippen molar-refractivity contribution in [2.75, 3.05) is 0 Å². The average Bonchev–Trinajstić information content (AvgIpc) is 2.15. The Morgan fingerprint density at radius 2 is 1.81 bits per heavy atom. The maximum atomic E-state index is 13.3. The Kier molecular flexibility index (Phi) is 4.05. The van der Waals surface area contributed by atoms with Crippen LogP contribution in [0.15, 0.2) is 18.2 Å². The van der Waals surface area contributed by atoms with Crippen molar-refractivity contribution in [2.45, 2.75) is 39.7 Å². The Morgan fingerprint density at radius 3 is 2.31 bits per heavy atom. The normalized spacial score (nSPS) is 10.9. The van der Waals surface area contributed by atoms with Gasteiger partial charge in [-0.05, 0) is 43.5 Å². The Balaban J connectivity index is 3.00. The highest BCUT2D eigenvalue weighted by Gasteiger charge is 2.12. The average molecular weight is 224 g/mol. The van der Waals surface area contributed by atoms with Crippen molar-refractivity contribution in [3.63, 3.8) is 0 Å². The number of esters is 1. The molecule has 0 heterocycles. The molecule has 0 fully saturated rings. The van der Waals surface area contributed by atoms with Crippen LogP contribution in [-0.2, 0) is 4.74 Å². The Labute approximate surface area is 95.4 Å². The summed E-state index contributed by atoms with van der Waals surface area (Å²) in [6.45, 7) is 7.43. The zero-order chi connectivity index (χ0) is 12.3. The summed E-state index contributed by atoms with van der Waals surface area (Å²) in [5.41, 5.74) is 1.08. The summed E-state index contributed by atoms with van der Waals surface area (Å²) < 4.78 is 18.3. The fraction of sp³-hybridized carbons (Fsp3) is 0.462. The van der Waals surface area contributed by atoms with Gasteiger partial charge in [0.1, 0.15) is 5.82 Å². The SMILES string of the molecule is CC(C)OC(=O)c1cc(F)cc(C(C)C)c1. The summed E-state index contributed by atoms with van der Waals surface area (Å²) >= 11 is 0. The highest BCUT2D eigenvalue weighted by molar-refractivity contribution is 5.89. The first kappa shape index (κ1) is 12.7. The fourth-order valence-corrected chi connectivity index (χ4v) is 1.35. The zero-order valence-corrected chi connectivity index (χ0v) is 10.1. The second kappa shape index (κ2) is 5.10. The molecule has 1 aromatic rings. The lowest BCUT2D eigenvalue weighted by molar-refractivity contribution is 0.0377. The molecule has 0 aromatic heterocycles. The van der Waals surface area contributed by atoms with Gasteiger partial charge in [-0.2, -0.15) is 0 Å². The van der Waals surface area contributed by atoms with E-state index in [0.717, 1.165) is 5.56 Å². The lowest BCUT2D eigenvalue weighted by Gasteiger charge is -2.10. The van der Waals surface area contributed by atoms with Crippen molar-refractivity contribution in [2.24, 2.45) is 0 Å². The predicted molar refractivity (Wildman–Crippen MR) is 61.0 cm³/mol. The second-order valence-electron chi connectivity index (χ2n) is 4.38. The molecular formula is C13H17FO2. The third-order valence-electron chi connectivity index (χ3n) is 2.17. The summed E-state index contributed by atoms with van der Waals surface area (Å²) in [6, 6.07) is 4.33. The van der Waals surface area contributed by atoms with Gasteiger partial charge in [0.25, 0.3) is 0 Å². The summed E-state index contributed by atoms with van der Waals surface area (Å²) in [6.07, 6.45) is -0.196. The van der Waals surface area contributed by atoms with E-state index in [1.165, 1.54) is 12.1 Å². The molecule has 16 heavy (non-hydrogen) atoms. The molecule has 88 valence electrons. The van der Waals surface area contributed by atoms with Crippen LogP contribution in [0.4, 0.5) is 4.39 Å². The third-order valence-corrected chi connectivity index (χ3v) is 2.17. The van der Waals surface area contributed by atoms with E-state index >= 15 is 0 Å². The van der Waals surface area contributed by atoms with Crippen molar-refractivity contribution in [1.29, 1.82) is 0 Å². The van der Waals surface area contributed by atoms with Crippen LogP contribution >= 0.6 is 0 Å². The van der Waals surface area contributed by atoms with E-state index in [1.807, 2.05) is 13.8 Å². The fourth-order valence-electron chi connectivity index (χ4n) is 1.35. The van der Waals surface area contributed by atoms with Gasteiger partial charge in [0, 0.05) is 0 Å². The minimum atomic E-state index is -0.476. The van der Waals surface area contributed by atoms with E-state index in [1.54, 1.807) is 19.9 Å². The van der Waals surface area contributed by atoms with Crippen molar-refractivity contribution in [3.05, 3.63) is 35.1 Å². The topological polar surface area (TPSA) is 26.3 Å². The monoisotopic (exact) mass is 224 g/mol. The van der Waals surface area contributed by atoms with E-state index in [9.17, 15) is 9.18 Å². The first-order valence-electron chi connectivity index (χ1n) is 5.41. The van der Waals surface area contributed by atoms with Crippen molar-refractivity contribution in [3.8, 4) is 0 Å². The largest absolute Gasteiger partial charge is 0.459 e. The van der Waals surface area contributed by atoms with Crippen LogP contribution in [-0.4, -0.2) is 12.1 Å². The number of ether oxygens (including phenoxy) is 1. The third kappa shape index (κ3) is 3.33. The lowest BCUT2D eigenvalue weighted by atomic mass is 10.0. The van der Waals surface area contributed by atoms with Crippen LogP contribution in [0.25, 0.3) is 0 Å². The molecular weight excluding hydrogens is 207 g/mol. The Bertz CT molecular complexity index is 384. The summed E-state index contributed by atoms with van der Waals surface area (Å²) in [5, 5.41) is 0. The molecule has 0 spiro atoms. The van der Waals surface area contributed by atoms with Crippen molar-refractivity contribution in [1.82, 2.24) is 0 Å².